The molecule has 2 N–H and O–H groups in total. The molecule has 1 heterocycles. The molecule has 0 aliphatic carbocycles. The first-order valence-electron chi connectivity index (χ1n) is 6.25. The Hall–Kier alpha value is -0.900. The van der Waals surface area contributed by atoms with Crippen molar-refractivity contribution in [1.29, 1.82) is 0 Å². The molecule has 0 aromatic carbocycles. The predicted octanol–water partition coefficient (Wildman–Crippen LogP) is 2.64. The predicted molar refractivity (Wildman–Crippen MR) is 64.2 cm³/mol. The monoisotopic (exact) mass is 225 g/mol. The normalized spacial score (nSPS) is 13.3. The highest BCUT2D eigenvalue weighted by Gasteiger charge is 2.17. The van der Waals surface area contributed by atoms with E-state index in [-0.39, 0.29) is 6.04 Å². The van der Waals surface area contributed by atoms with Gasteiger partial charge in [-0.15, -0.1) is 0 Å². The number of hydrogen-bond acceptors (Lipinski definition) is 4. The zero-order valence-corrected chi connectivity index (χ0v) is 10.6. The second-order valence-electron chi connectivity index (χ2n) is 4.50. The van der Waals surface area contributed by atoms with E-state index in [0.29, 0.717) is 12.3 Å². The van der Waals surface area contributed by atoms with E-state index in [2.05, 4.69) is 24.0 Å². The van der Waals surface area contributed by atoms with Crippen LogP contribution in [0.5, 0.6) is 0 Å². The Morgan fingerprint density at radius 2 is 1.88 bits per heavy atom. The van der Waals surface area contributed by atoms with Crippen LogP contribution in [0.15, 0.2) is 4.52 Å². The molecule has 1 atom stereocenters. The largest absolute Gasteiger partial charge is 0.339 e. The van der Waals surface area contributed by atoms with Gasteiger partial charge in [-0.2, -0.15) is 4.98 Å². The molecule has 1 rings (SSSR count). The van der Waals surface area contributed by atoms with Gasteiger partial charge in [-0.1, -0.05) is 31.8 Å². The summed E-state index contributed by atoms with van der Waals surface area (Å²) in [6.45, 7) is 6.31. The molecule has 1 aromatic rings. The average molecular weight is 225 g/mol. The Bertz CT molecular complexity index is 290. The topological polar surface area (TPSA) is 64.9 Å². The molecule has 0 fully saturated rings. The standard InChI is InChI=1S/C12H23N3O/c1-4-6-10(7-5-2)12-14-11(15-16-12)8-9(3)13/h9-10H,4-8,13H2,1-3H3. The highest BCUT2D eigenvalue weighted by atomic mass is 16.5. The van der Waals surface area contributed by atoms with E-state index in [4.69, 9.17) is 10.3 Å². The molecule has 0 aliphatic rings. The van der Waals surface area contributed by atoms with E-state index >= 15 is 0 Å². The molecule has 4 heteroatoms. The highest BCUT2D eigenvalue weighted by molar-refractivity contribution is 4.95. The number of rotatable bonds is 7. The average Bonchev–Trinajstić information content (AvgIpc) is 2.65. The third kappa shape index (κ3) is 3.93. The van der Waals surface area contributed by atoms with Crippen molar-refractivity contribution in [3.05, 3.63) is 11.7 Å². The molecule has 1 aromatic heterocycles. The Kier molecular flexibility index (Phi) is 5.46. The van der Waals surface area contributed by atoms with Gasteiger partial charge in [-0.25, -0.2) is 0 Å². The van der Waals surface area contributed by atoms with E-state index in [1.807, 2.05) is 6.92 Å². The molecular formula is C12H23N3O. The lowest BCUT2D eigenvalue weighted by Crippen LogP contribution is -2.18. The van der Waals surface area contributed by atoms with Crippen LogP contribution in [0.2, 0.25) is 0 Å². The van der Waals surface area contributed by atoms with Crippen LogP contribution in [-0.4, -0.2) is 16.2 Å². The minimum atomic E-state index is 0.0845. The number of hydrogen-bond donors (Lipinski definition) is 1. The van der Waals surface area contributed by atoms with Crippen LogP contribution in [0.25, 0.3) is 0 Å². The van der Waals surface area contributed by atoms with Crippen LogP contribution < -0.4 is 5.73 Å². The van der Waals surface area contributed by atoms with Crippen LogP contribution in [-0.2, 0) is 6.42 Å². The van der Waals surface area contributed by atoms with Crippen LogP contribution in [0, 0.1) is 0 Å². The minimum Gasteiger partial charge on any atom is -0.339 e. The first kappa shape index (κ1) is 13.2. The van der Waals surface area contributed by atoms with Crippen LogP contribution in [0.3, 0.4) is 0 Å². The summed E-state index contributed by atoms with van der Waals surface area (Å²) >= 11 is 0. The Morgan fingerprint density at radius 3 is 2.38 bits per heavy atom. The fraction of sp³-hybridized carbons (Fsp3) is 0.833. The van der Waals surface area contributed by atoms with E-state index in [1.165, 1.54) is 0 Å². The van der Waals surface area contributed by atoms with E-state index in [0.717, 1.165) is 37.4 Å². The summed E-state index contributed by atoms with van der Waals surface area (Å²) in [4.78, 5) is 4.43. The van der Waals surface area contributed by atoms with Crippen LogP contribution >= 0.6 is 0 Å². The SMILES string of the molecule is CCCC(CCC)c1nc(CC(C)N)no1. The molecule has 0 saturated carbocycles. The maximum Gasteiger partial charge on any atom is 0.229 e. The second kappa shape index (κ2) is 6.63. The third-order valence-corrected chi connectivity index (χ3v) is 2.61. The quantitative estimate of drug-likeness (QED) is 0.774. The molecule has 1 unspecified atom stereocenters. The molecule has 0 bridgehead atoms. The van der Waals surface area contributed by atoms with Gasteiger partial charge in [0.2, 0.25) is 5.89 Å². The summed E-state index contributed by atoms with van der Waals surface area (Å²) in [6, 6.07) is 0.0845. The summed E-state index contributed by atoms with van der Waals surface area (Å²) in [5, 5.41) is 3.98. The lowest BCUT2D eigenvalue weighted by Gasteiger charge is -2.09. The van der Waals surface area contributed by atoms with E-state index < -0.39 is 0 Å². The van der Waals surface area contributed by atoms with Gasteiger partial charge in [0.15, 0.2) is 5.82 Å². The van der Waals surface area contributed by atoms with Gasteiger partial charge >= 0.3 is 0 Å². The van der Waals surface area contributed by atoms with Crippen LogP contribution in [0.1, 0.15) is 64.1 Å². The zero-order chi connectivity index (χ0) is 12.0. The van der Waals surface area contributed by atoms with E-state index in [9.17, 15) is 0 Å². The fourth-order valence-corrected chi connectivity index (χ4v) is 1.89. The lowest BCUT2D eigenvalue weighted by atomic mass is 9.98. The van der Waals surface area contributed by atoms with Gasteiger partial charge in [-0.05, 0) is 19.8 Å². The number of aromatic nitrogens is 2. The smallest absolute Gasteiger partial charge is 0.229 e. The molecule has 0 radical (unpaired) electrons. The summed E-state index contributed by atoms with van der Waals surface area (Å²) in [7, 11) is 0. The number of nitrogens with two attached hydrogens (primary N) is 1. The lowest BCUT2D eigenvalue weighted by molar-refractivity contribution is 0.333. The van der Waals surface area contributed by atoms with Crippen LogP contribution in [0.4, 0.5) is 0 Å². The molecule has 0 spiro atoms. The van der Waals surface area contributed by atoms with Crippen molar-refractivity contribution in [3.8, 4) is 0 Å². The maximum absolute atomic E-state index is 5.71. The molecule has 4 nitrogen and oxygen atoms in total. The first-order valence-corrected chi connectivity index (χ1v) is 6.25. The van der Waals surface area contributed by atoms with Crippen molar-refractivity contribution in [2.75, 3.05) is 0 Å². The molecule has 0 aliphatic heterocycles. The van der Waals surface area contributed by atoms with Gasteiger partial charge in [0.25, 0.3) is 0 Å². The molecule has 92 valence electrons. The Balaban J connectivity index is 2.65. The first-order chi connectivity index (χ1) is 7.67. The summed E-state index contributed by atoms with van der Waals surface area (Å²) in [5.74, 6) is 1.95. The van der Waals surface area contributed by atoms with Gasteiger partial charge in [-0.3, -0.25) is 0 Å². The molecule has 0 amide bonds. The van der Waals surface area contributed by atoms with Crippen molar-refractivity contribution < 1.29 is 4.52 Å². The third-order valence-electron chi connectivity index (χ3n) is 2.61. The maximum atomic E-state index is 5.71. The minimum absolute atomic E-state index is 0.0845. The van der Waals surface area contributed by atoms with Gasteiger partial charge < -0.3 is 10.3 Å². The van der Waals surface area contributed by atoms with Crippen molar-refractivity contribution in [2.24, 2.45) is 5.73 Å². The second-order valence-corrected chi connectivity index (χ2v) is 4.50. The van der Waals surface area contributed by atoms with Gasteiger partial charge in [0, 0.05) is 18.4 Å². The summed E-state index contributed by atoms with van der Waals surface area (Å²) in [5.41, 5.74) is 5.71. The van der Waals surface area contributed by atoms with Crippen molar-refractivity contribution in [3.63, 3.8) is 0 Å². The summed E-state index contributed by atoms with van der Waals surface area (Å²) < 4.78 is 5.32. The number of nitrogens with zero attached hydrogens (tertiary/aromatic N) is 2. The fourth-order valence-electron chi connectivity index (χ4n) is 1.89. The van der Waals surface area contributed by atoms with Crippen molar-refractivity contribution in [2.45, 2.75) is 64.8 Å². The van der Waals surface area contributed by atoms with E-state index in [1.54, 1.807) is 0 Å². The van der Waals surface area contributed by atoms with Crippen molar-refractivity contribution in [1.82, 2.24) is 10.1 Å². The summed E-state index contributed by atoms with van der Waals surface area (Å²) in [6.07, 6.45) is 5.22. The Morgan fingerprint density at radius 1 is 1.25 bits per heavy atom. The highest BCUT2D eigenvalue weighted by Crippen LogP contribution is 2.24. The zero-order valence-electron chi connectivity index (χ0n) is 10.6. The van der Waals surface area contributed by atoms with Gasteiger partial charge in [0.1, 0.15) is 0 Å². The van der Waals surface area contributed by atoms with Crippen molar-refractivity contribution >= 4 is 0 Å². The molecule has 0 saturated heterocycles. The molecule has 16 heavy (non-hydrogen) atoms. The van der Waals surface area contributed by atoms with Gasteiger partial charge in [0.05, 0.1) is 0 Å². The molecular weight excluding hydrogens is 202 g/mol. The Labute approximate surface area is 97.6 Å².